The molecule has 1 N–H and O–H groups in total. The number of rotatable bonds is 6. The maximum Gasteiger partial charge on any atom is 0.0277 e. The summed E-state index contributed by atoms with van der Waals surface area (Å²) in [5.74, 6) is 1.72. The zero-order valence-corrected chi connectivity index (χ0v) is 14.9. The molecule has 2 aliphatic carbocycles. The van der Waals surface area contributed by atoms with Crippen LogP contribution in [-0.2, 0) is 0 Å². The number of nitrogens with one attached hydrogen (secondary N) is 1. The molecule has 21 heavy (non-hydrogen) atoms. The second-order valence-electron chi connectivity index (χ2n) is 7.73. The van der Waals surface area contributed by atoms with Crippen molar-refractivity contribution in [1.82, 2.24) is 10.2 Å². The van der Waals surface area contributed by atoms with Crippen LogP contribution in [0.5, 0.6) is 0 Å². The topological polar surface area (TPSA) is 15.3 Å². The Kier molecular flexibility index (Phi) is 7.01. The summed E-state index contributed by atoms with van der Waals surface area (Å²) in [4.78, 5) is 2.89. The third kappa shape index (κ3) is 4.45. The minimum Gasteiger partial charge on any atom is -0.312 e. The highest BCUT2D eigenvalue weighted by Crippen LogP contribution is 2.35. The molecule has 0 aromatic carbocycles. The lowest BCUT2D eigenvalue weighted by molar-refractivity contribution is 0.0216. The Morgan fingerprint density at radius 1 is 1.00 bits per heavy atom. The Hall–Kier alpha value is -0.0800. The Bertz CT molecular complexity index is 285. The summed E-state index contributed by atoms with van der Waals surface area (Å²) in [6, 6.07) is 2.34. The van der Waals surface area contributed by atoms with Crippen molar-refractivity contribution in [2.75, 3.05) is 13.1 Å². The zero-order chi connectivity index (χ0) is 15.2. The van der Waals surface area contributed by atoms with Crippen molar-refractivity contribution in [2.24, 2.45) is 11.8 Å². The summed E-state index contributed by atoms with van der Waals surface area (Å²) in [6.07, 6.45) is 11.3. The van der Waals surface area contributed by atoms with Crippen LogP contribution in [0.4, 0.5) is 0 Å². The maximum absolute atomic E-state index is 3.89. The molecule has 0 aliphatic heterocycles. The molecule has 2 fully saturated rings. The van der Waals surface area contributed by atoms with Crippen LogP contribution in [0.2, 0.25) is 0 Å². The lowest BCUT2D eigenvalue weighted by Crippen LogP contribution is -2.59. The van der Waals surface area contributed by atoms with Gasteiger partial charge in [-0.25, -0.2) is 0 Å². The van der Waals surface area contributed by atoms with Gasteiger partial charge in [0.1, 0.15) is 0 Å². The minimum absolute atomic E-state index is 0.713. The predicted molar refractivity (Wildman–Crippen MR) is 92.7 cm³/mol. The average molecular weight is 295 g/mol. The smallest absolute Gasteiger partial charge is 0.0277 e. The molecular weight excluding hydrogens is 256 g/mol. The van der Waals surface area contributed by atoms with E-state index in [0.29, 0.717) is 6.04 Å². The predicted octanol–water partition coefficient (Wildman–Crippen LogP) is 4.44. The van der Waals surface area contributed by atoms with Crippen LogP contribution in [0.15, 0.2) is 0 Å². The van der Waals surface area contributed by atoms with Crippen molar-refractivity contribution in [1.29, 1.82) is 0 Å². The van der Waals surface area contributed by atoms with Gasteiger partial charge in [-0.3, -0.25) is 4.90 Å². The molecule has 124 valence electrons. The summed E-state index contributed by atoms with van der Waals surface area (Å²) in [5.41, 5.74) is 0. The molecule has 0 amide bonds. The Morgan fingerprint density at radius 2 is 1.71 bits per heavy atom. The van der Waals surface area contributed by atoms with Crippen LogP contribution >= 0.6 is 0 Å². The average Bonchev–Trinajstić information content (AvgIpc) is 2.49. The summed E-state index contributed by atoms with van der Waals surface area (Å²) < 4.78 is 0. The van der Waals surface area contributed by atoms with E-state index in [2.05, 4.69) is 37.9 Å². The van der Waals surface area contributed by atoms with E-state index in [1.807, 2.05) is 0 Å². The summed E-state index contributed by atoms with van der Waals surface area (Å²) in [7, 11) is 0. The van der Waals surface area contributed by atoms with Crippen LogP contribution in [0, 0.1) is 11.8 Å². The van der Waals surface area contributed by atoms with E-state index in [4.69, 9.17) is 0 Å². The lowest BCUT2D eigenvalue weighted by atomic mass is 9.74. The standard InChI is InChI=1S/C19H38N2/c1-5-12-20-18-14-15(3)13-16(4)19(18)21(6-2)17-10-8-7-9-11-17/h15-20H,5-14H2,1-4H3. The van der Waals surface area contributed by atoms with Gasteiger partial charge in [0, 0.05) is 18.1 Å². The first-order chi connectivity index (χ1) is 10.2. The maximum atomic E-state index is 3.89. The fourth-order valence-corrected chi connectivity index (χ4v) is 5.06. The highest BCUT2D eigenvalue weighted by Gasteiger charge is 2.39. The van der Waals surface area contributed by atoms with E-state index in [1.54, 1.807) is 0 Å². The molecular formula is C19H38N2. The molecule has 0 radical (unpaired) electrons. The Labute approximate surface area is 133 Å². The number of hydrogen-bond donors (Lipinski definition) is 1. The van der Waals surface area contributed by atoms with Crippen LogP contribution < -0.4 is 5.32 Å². The molecule has 2 saturated carbocycles. The van der Waals surface area contributed by atoms with Crippen LogP contribution in [0.25, 0.3) is 0 Å². The molecule has 2 rings (SSSR count). The van der Waals surface area contributed by atoms with Gasteiger partial charge in [-0.15, -0.1) is 0 Å². The lowest BCUT2D eigenvalue weighted by Gasteiger charge is -2.49. The first-order valence-corrected chi connectivity index (χ1v) is 9.66. The van der Waals surface area contributed by atoms with E-state index in [-0.39, 0.29) is 0 Å². The summed E-state index contributed by atoms with van der Waals surface area (Å²) in [6.45, 7) is 12.0. The molecule has 4 unspecified atom stereocenters. The summed E-state index contributed by atoms with van der Waals surface area (Å²) in [5, 5.41) is 3.89. The van der Waals surface area contributed by atoms with E-state index in [9.17, 15) is 0 Å². The number of likely N-dealkylation sites (N-methyl/N-ethyl adjacent to an activating group) is 1. The first kappa shape index (κ1) is 17.3. The fraction of sp³-hybridized carbons (Fsp3) is 1.00. The van der Waals surface area contributed by atoms with Gasteiger partial charge >= 0.3 is 0 Å². The molecule has 0 spiro atoms. The van der Waals surface area contributed by atoms with E-state index >= 15 is 0 Å². The molecule has 0 aromatic rings. The quantitative estimate of drug-likeness (QED) is 0.779. The Morgan fingerprint density at radius 3 is 2.33 bits per heavy atom. The SMILES string of the molecule is CCCNC1CC(C)CC(C)C1N(CC)C1CCCCC1. The van der Waals surface area contributed by atoms with Crippen molar-refractivity contribution < 1.29 is 0 Å². The van der Waals surface area contributed by atoms with Gasteiger partial charge in [-0.1, -0.05) is 47.0 Å². The highest BCUT2D eigenvalue weighted by atomic mass is 15.2. The molecule has 2 heteroatoms. The molecule has 4 atom stereocenters. The van der Waals surface area contributed by atoms with Crippen molar-refractivity contribution in [3.63, 3.8) is 0 Å². The van der Waals surface area contributed by atoms with Crippen molar-refractivity contribution in [2.45, 2.75) is 97.2 Å². The molecule has 0 aromatic heterocycles. The van der Waals surface area contributed by atoms with Gasteiger partial charge in [0.25, 0.3) is 0 Å². The van der Waals surface area contributed by atoms with Crippen LogP contribution in [0.3, 0.4) is 0 Å². The van der Waals surface area contributed by atoms with E-state index in [0.717, 1.165) is 23.9 Å². The number of hydrogen-bond acceptors (Lipinski definition) is 2. The van der Waals surface area contributed by atoms with Crippen molar-refractivity contribution in [3.8, 4) is 0 Å². The second-order valence-corrected chi connectivity index (χ2v) is 7.73. The van der Waals surface area contributed by atoms with Crippen LogP contribution in [0.1, 0.15) is 79.1 Å². The second kappa shape index (κ2) is 8.53. The minimum atomic E-state index is 0.713. The monoisotopic (exact) mass is 294 g/mol. The fourth-order valence-electron chi connectivity index (χ4n) is 5.06. The molecule has 0 saturated heterocycles. The first-order valence-electron chi connectivity index (χ1n) is 9.66. The molecule has 0 bridgehead atoms. The van der Waals surface area contributed by atoms with Crippen LogP contribution in [-0.4, -0.2) is 36.1 Å². The zero-order valence-electron chi connectivity index (χ0n) is 14.9. The Balaban J connectivity index is 2.09. The molecule has 2 nitrogen and oxygen atoms in total. The molecule has 2 aliphatic rings. The summed E-state index contributed by atoms with van der Waals surface area (Å²) >= 11 is 0. The van der Waals surface area contributed by atoms with E-state index < -0.39 is 0 Å². The third-order valence-corrected chi connectivity index (χ3v) is 5.87. The van der Waals surface area contributed by atoms with Crippen molar-refractivity contribution in [3.05, 3.63) is 0 Å². The highest BCUT2D eigenvalue weighted by molar-refractivity contribution is 4.96. The third-order valence-electron chi connectivity index (χ3n) is 5.87. The van der Waals surface area contributed by atoms with Gasteiger partial charge in [-0.2, -0.15) is 0 Å². The van der Waals surface area contributed by atoms with Gasteiger partial charge in [0.15, 0.2) is 0 Å². The van der Waals surface area contributed by atoms with Gasteiger partial charge in [-0.05, 0) is 57.0 Å². The van der Waals surface area contributed by atoms with E-state index in [1.165, 1.54) is 64.5 Å². The van der Waals surface area contributed by atoms with Gasteiger partial charge in [0.2, 0.25) is 0 Å². The normalized spacial score (nSPS) is 35.3. The number of nitrogens with zero attached hydrogens (tertiary/aromatic N) is 1. The molecule has 0 heterocycles. The van der Waals surface area contributed by atoms with Gasteiger partial charge < -0.3 is 5.32 Å². The van der Waals surface area contributed by atoms with Crippen molar-refractivity contribution >= 4 is 0 Å². The van der Waals surface area contributed by atoms with Gasteiger partial charge in [0.05, 0.1) is 0 Å². The largest absolute Gasteiger partial charge is 0.312 e.